The van der Waals surface area contributed by atoms with Crippen molar-refractivity contribution in [3.8, 4) is 0 Å². The summed E-state index contributed by atoms with van der Waals surface area (Å²) in [5.74, 6) is -2.21. The molecule has 1 unspecified atom stereocenters. The van der Waals surface area contributed by atoms with E-state index in [1.807, 2.05) is 0 Å². The fourth-order valence-electron chi connectivity index (χ4n) is 1.64. The van der Waals surface area contributed by atoms with E-state index in [2.05, 4.69) is 0 Å². The largest absolute Gasteiger partial charge is 0.474 e. The Bertz CT molecular complexity index is 217. The fraction of sp³-hybridized carbons (Fsp3) is 0.750. The maximum atomic E-state index is 11.1. The van der Waals surface area contributed by atoms with Crippen LogP contribution in [0.4, 0.5) is 0 Å². The molecule has 74 valence electrons. The Morgan fingerprint density at radius 3 is 2.69 bits per heavy atom. The zero-order valence-electron chi connectivity index (χ0n) is 7.40. The third kappa shape index (κ3) is 2.18. The minimum absolute atomic E-state index is 0.0858. The van der Waals surface area contributed by atoms with Crippen LogP contribution in [-0.2, 0) is 9.59 Å². The summed E-state index contributed by atoms with van der Waals surface area (Å²) in [6.45, 7) is 0.867. The maximum absolute atomic E-state index is 11.1. The first-order valence-corrected chi connectivity index (χ1v) is 4.40. The lowest BCUT2D eigenvalue weighted by atomic mass is 10.0. The van der Waals surface area contributed by atoms with Crippen molar-refractivity contribution in [2.75, 3.05) is 13.1 Å². The van der Waals surface area contributed by atoms with E-state index in [0.717, 1.165) is 19.3 Å². The van der Waals surface area contributed by atoms with Gasteiger partial charge in [-0.15, -0.1) is 0 Å². The zero-order chi connectivity index (χ0) is 9.84. The number of piperidine rings is 1. The van der Waals surface area contributed by atoms with Crippen molar-refractivity contribution in [1.29, 1.82) is 0 Å². The van der Waals surface area contributed by atoms with Gasteiger partial charge in [-0.05, 0) is 19.3 Å². The van der Waals surface area contributed by atoms with Crippen molar-refractivity contribution in [2.45, 2.75) is 25.3 Å². The molecule has 1 aliphatic rings. The van der Waals surface area contributed by atoms with E-state index >= 15 is 0 Å². The van der Waals surface area contributed by atoms with E-state index in [4.69, 9.17) is 10.8 Å². The molecule has 1 heterocycles. The summed E-state index contributed by atoms with van der Waals surface area (Å²) in [4.78, 5) is 22.9. The fourth-order valence-corrected chi connectivity index (χ4v) is 1.64. The normalized spacial score (nSPS) is 22.8. The van der Waals surface area contributed by atoms with Gasteiger partial charge in [-0.2, -0.15) is 0 Å². The molecule has 5 nitrogen and oxygen atoms in total. The molecule has 0 aromatic carbocycles. The molecule has 1 fully saturated rings. The van der Waals surface area contributed by atoms with E-state index in [1.165, 1.54) is 4.90 Å². The summed E-state index contributed by atoms with van der Waals surface area (Å²) < 4.78 is 0. The molecule has 0 bridgehead atoms. The lowest BCUT2D eigenvalue weighted by Crippen LogP contribution is -2.49. The molecule has 3 N–H and O–H groups in total. The van der Waals surface area contributed by atoms with Gasteiger partial charge in [0.15, 0.2) is 0 Å². The van der Waals surface area contributed by atoms with Crippen LogP contribution < -0.4 is 5.73 Å². The molecule has 1 atom stereocenters. The van der Waals surface area contributed by atoms with Crippen LogP contribution in [0.2, 0.25) is 0 Å². The van der Waals surface area contributed by atoms with E-state index in [-0.39, 0.29) is 6.04 Å². The Hall–Kier alpha value is -1.10. The highest BCUT2D eigenvalue weighted by Crippen LogP contribution is 2.15. The van der Waals surface area contributed by atoms with Gasteiger partial charge < -0.3 is 15.7 Å². The van der Waals surface area contributed by atoms with Gasteiger partial charge in [-0.25, -0.2) is 4.79 Å². The average molecular weight is 186 g/mol. The molecule has 1 aliphatic heterocycles. The highest BCUT2D eigenvalue weighted by Gasteiger charge is 2.29. The van der Waals surface area contributed by atoms with E-state index < -0.39 is 11.9 Å². The highest BCUT2D eigenvalue weighted by molar-refractivity contribution is 6.31. The summed E-state index contributed by atoms with van der Waals surface area (Å²) in [7, 11) is 0. The van der Waals surface area contributed by atoms with Crippen LogP contribution in [0.15, 0.2) is 0 Å². The number of nitrogens with zero attached hydrogens (tertiary/aromatic N) is 1. The summed E-state index contributed by atoms with van der Waals surface area (Å²) in [5, 5.41) is 8.52. The lowest BCUT2D eigenvalue weighted by Gasteiger charge is -2.33. The Morgan fingerprint density at radius 1 is 1.46 bits per heavy atom. The number of rotatable bonds is 1. The number of nitrogens with two attached hydrogens (primary N) is 1. The molecule has 0 radical (unpaired) electrons. The predicted octanol–water partition coefficient (Wildman–Crippen LogP) is -0.589. The molecule has 5 heteroatoms. The topological polar surface area (TPSA) is 83.6 Å². The summed E-state index contributed by atoms with van der Waals surface area (Å²) in [6, 6.07) is -0.0858. The second-order valence-electron chi connectivity index (χ2n) is 3.19. The Balaban J connectivity index is 2.64. The molecular formula is C8H14N2O3. The van der Waals surface area contributed by atoms with Gasteiger partial charge in [-0.1, -0.05) is 0 Å². The summed E-state index contributed by atoms with van der Waals surface area (Å²) >= 11 is 0. The van der Waals surface area contributed by atoms with E-state index in [9.17, 15) is 9.59 Å². The quantitative estimate of drug-likeness (QED) is 0.536. The van der Waals surface area contributed by atoms with Crippen LogP contribution in [0, 0.1) is 0 Å². The Morgan fingerprint density at radius 2 is 2.15 bits per heavy atom. The number of carbonyl (C=O) groups is 2. The predicted molar refractivity (Wildman–Crippen MR) is 46.0 cm³/mol. The van der Waals surface area contributed by atoms with Crippen LogP contribution in [0.5, 0.6) is 0 Å². The molecule has 0 saturated carbocycles. The van der Waals surface area contributed by atoms with Crippen LogP contribution in [0.1, 0.15) is 19.3 Å². The van der Waals surface area contributed by atoms with Crippen LogP contribution >= 0.6 is 0 Å². The van der Waals surface area contributed by atoms with Crippen molar-refractivity contribution in [2.24, 2.45) is 5.73 Å². The standard InChI is InChI=1S/C8H14N2O3/c9-5-6-3-1-2-4-10(6)7(11)8(12)13/h6H,1-5,9H2,(H,12,13). The summed E-state index contributed by atoms with van der Waals surface area (Å²) in [5.41, 5.74) is 5.44. The van der Waals surface area contributed by atoms with Crippen molar-refractivity contribution < 1.29 is 14.7 Å². The van der Waals surface area contributed by atoms with E-state index in [0.29, 0.717) is 13.1 Å². The SMILES string of the molecule is NCC1CCCCN1C(=O)C(=O)O. The van der Waals surface area contributed by atoms with Crippen molar-refractivity contribution in [3.05, 3.63) is 0 Å². The summed E-state index contributed by atoms with van der Waals surface area (Å²) in [6.07, 6.45) is 2.70. The Kier molecular flexibility index (Phi) is 3.25. The van der Waals surface area contributed by atoms with Crippen molar-refractivity contribution in [3.63, 3.8) is 0 Å². The number of carboxylic acids is 1. The monoisotopic (exact) mass is 186 g/mol. The molecule has 0 spiro atoms. The number of aliphatic carboxylic acids is 1. The van der Waals surface area contributed by atoms with Gasteiger partial charge >= 0.3 is 11.9 Å². The second kappa shape index (κ2) is 4.23. The third-order valence-corrected chi connectivity index (χ3v) is 2.34. The number of carboxylic acid groups (broad SMARTS) is 1. The molecule has 1 rings (SSSR count). The van der Waals surface area contributed by atoms with Crippen LogP contribution in [-0.4, -0.2) is 41.0 Å². The van der Waals surface area contributed by atoms with Crippen molar-refractivity contribution in [1.82, 2.24) is 4.90 Å². The first-order valence-electron chi connectivity index (χ1n) is 4.40. The van der Waals surface area contributed by atoms with Crippen LogP contribution in [0.3, 0.4) is 0 Å². The van der Waals surface area contributed by atoms with Gasteiger partial charge in [0.1, 0.15) is 0 Å². The molecular weight excluding hydrogens is 172 g/mol. The van der Waals surface area contributed by atoms with E-state index in [1.54, 1.807) is 0 Å². The van der Waals surface area contributed by atoms with Gasteiger partial charge in [0, 0.05) is 19.1 Å². The third-order valence-electron chi connectivity index (χ3n) is 2.34. The number of amides is 1. The van der Waals surface area contributed by atoms with Crippen LogP contribution in [0.25, 0.3) is 0 Å². The molecule has 13 heavy (non-hydrogen) atoms. The van der Waals surface area contributed by atoms with Gasteiger partial charge in [0.25, 0.3) is 0 Å². The van der Waals surface area contributed by atoms with Gasteiger partial charge in [-0.3, -0.25) is 4.79 Å². The van der Waals surface area contributed by atoms with Crippen molar-refractivity contribution >= 4 is 11.9 Å². The molecule has 0 aliphatic carbocycles. The molecule has 0 aromatic rings. The maximum Gasteiger partial charge on any atom is 0.394 e. The number of hydrogen-bond acceptors (Lipinski definition) is 3. The molecule has 1 amide bonds. The number of hydrogen-bond donors (Lipinski definition) is 2. The van der Waals surface area contributed by atoms with Gasteiger partial charge in [0.2, 0.25) is 0 Å². The molecule has 1 saturated heterocycles. The average Bonchev–Trinajstić information content (AvgIpc) is 2.16. The first-order chi connectivity index (χ1) is 6.16. The zero-order valence-corrected chi connectivity index (χ0v) is 7.40. The second-order valence-corrected chi connectivity index (χ2v) is 3.19. The Labute approximate surface area is 76.5 Å². The molecule has 0 aromatic heterocycles. The lowest BCUT2D eigenvalue weighted by molar-refractivity contribution is -0.157. The number of carbonyl (C=O) groups excluding carboxylic acids is 1. The smallest absolute Gasteiger partial charge is 0.394 e. The first kappa shape index (κ1) is 9.98. The minimum Gasteiger partial charge on any atom is -0.474 e. The number of likely N-dealkylation sites (tertiary alicyclic amines) is 1. The van der Waals surface area contributed by atoms with Gasteiger partial charge in [0.05, 0.1) is 0 Å². The minimum atomic E-state index is -1.39. The highest BCUT2D eigenvalue weighted by atomic mass is 16.4.